The quantitative estimate of drug-likeness (QED) is 0.00576. The molecule has 21 nitrogen and oxygen atoms in total. The molecule has 0 saturated carbocycles. The van der Waals surface area contributed by atoms with Crippen LogP contribution in [0, 0.1) is 38.4 Å². The number of hydrogen-bond donors (Lipinski definition) is 2. The van der Waals surface area contributed by atoms with Gasteiger partial charge in [0.25, 0.3) is 11.4 Å². The van der Waals surface area contributed by atoms with Crippen LogP contribution in [0.5, 0.6) is 0 Å². The van der Waals surface area contributed by atoms with Gasteiger partial charge in [0.15, 0.2) is 5.82 Å². The second-order valence-electron chi connectivity index (χ2n) is 27.8. The van der Waals surface area contributed by atoms with E-state index in [2.05, 4.69) is 136 Å². The summed E-state index contributed by atoms with van der Waals surface area (Å²) in [5, 5.41) is 38.3. The number of halogens is 2. The van der Waals surface area contributed by atoms with Crippen LogP contribution in [0.4, 0.5) is 25.8 Å². The molecule has 26 heteroatoms. The standard InChI is InChI=1S/C37H40BFN6O4.C19H17N.C11H21BO3.C7H3FN2O2.C3H9N3Si/c1-35(2)36(3,4)49-38(48-35)25-15-14-22-32(34-41-42-43-44(34)33-26-30(45(46)47)23-24-31(33)39)40-37(27-16-8-5-9-17-27,28-18-10-6-11-19-28)29-20-12-7-13-21-29;20-19(16-10-4-1-5-11-16,17-12-6-2-7-13-17)18-14-8-3-9-15-18;1-10(2)11(3,4)15-12(14-10)8-6-5-7-9-13;1-9-7-4-5(10(11)12)2-3-6(7)8;1-7(2,3)6-5-4/h5-13,16-21,23-24,26,32,40H,14-15,22,25H2,1-4H3;1-15H,20H2;9H,5-8H2,1-4H3;2-4H;1-3H3. The van der Waals surface area contributed by atoms with E-state index in [4.69, 9.17) is 36.5 Å². The maximum absolute atomic E-state index is 15.4. The Kier molecular flexibility index (Phi) is 28.3. The van der Waals surface area contributed by atoms with Crippen molar-refractivity contribution in [2.75, 3.05) is 0 Å². The number of unbranched alkanes of at least 4 members (excludes halogenated alkanes) is 3. The van der Waals surface area contributed by atoms with Crippen LogP contribution in [0.2, 0.25) is 32.3 Å². The zero-order valence-electron chi connectivity index (χ0n) is 60.2. The van der Waals surface area contributed by atoms with Gasteiger partial charge in [0.2, 0.25) is 5.69 Å². The maximum Gasteiger partial charge on any atom is 0.457 e. The van der Waals surface area contributed by atoms with Crippen LogP contribution in [0.1, 0.15) is 139 Å². The summed E-state index contributed by atoms with van der Waals surface area (Å²) in [6.45, 7) is 28.8. The summed E-state index contributed by atoms with van der Waals surface area (Å²) in [6.07, 6.45) is 7.11. The van der Waals surface area contributed by atoms with Gasteiger partial charge < -0.3 is 29.1 Å². The minimum atomic E-state index is -1.45. The van der Waals surface area contributed by atoms with Gasteiger partial charge in [-0.3, -0.25) is 25.5 Å². The first kappa shape index (κ1) is 80.4. The molecule has 536 valence electrons. The van der Waals surface area contributed by atoms with E-state index in [-0.39, 0.29) is 48.2 Å². The first-order valence-electron chi connectivity index (χ1n) is 34.1. The second-order valence-corrected chi connectivity index (χ2v) is 32.3. The molecule has 2 fully saturated rings. The highest BCUT2D eigenvalue weighted by Crippen LogP contribution is 2.43. The van der Waals surface area contributed by atoms with E-state index in [1.807, 2.05) is 157 Å². The lowest BCUT2D eigenvalue weighted by atomic mass is 9.76. The molecule has 2 saturated heterocycles. The predicted octanol–water partition coefficient (Wildman–Crippen LogP) is 18.4. The average Bonchev–Trinajstić information content (AvgIpc) is 1.44. The van der Waals surface area contributed by atoms with E-state index in [1.54, 1.807) is 0 Å². The zero-order chi connectivity index (χ0) is 75.1. The van der Waals surface area contributed by atoms with Crippen molar-refractivity contribution in [2.24, 2.45) is 10.5 Å². The highest BCUT2D eigenvalue weighted by molar-refractivity contribution is 6.74. The van der Waals surface area contributed by atoms with Crippen molar-refractivity contribution in [1.82, 2.24) is 25.5 Å². The van der Waals surface area contributed by atoms with Gasteiger partial charge in [-0.15, -0.1) is 9.88 Å². The molecule has 0 radical (unpaired) electrons. The largest absolute Gasteiger partial charge is 0.457 e. The van der Waals surface area contributed by atoms with Crippen molar-refractivity contribution < 1.29 is 42.0 Å². The summed E-state index contributed by atoms with van der Waals surface area (Å²) in [6, 6.07) is 66.7. The van der Waals surface area contributed by atoms with Crippen LogP contribution in [0.25, 0.3) is 21.0 Å². The number of nitrogens with zero attached hydrogens (tertiary/aromatic N) is 10. The summed E-state index contributed by atoms with van der Waals surface area (Å²) in [5.74, 6) is -1.10. The third-order valence-corrected chi connectivity index (χ3v) is 19.0. The number of nitro groups is 2. The van der Waals surface area contributed by atoms with E-state index < -0.39 is 58.0 Å². The molecule has 3 heterocycles. The van der Waals surface area contributed by atoms with Gasteiger partial charge in [0, 0.05) is 30.7 Å². The number of benzene rings is 8. The van der Waals surface area contributed by atoms with E-state index >= 15 is 4.39 Å². The van der Waals surface area contributed by atoms with Gasteiger partial charge in [-0.2, -0.15) is 4.68 Å². The third-order valence-electron chi connectivity index (χ3n) is 18.3. The lowest BCUT2D eigenvalue weighted by Crippen LogP contribution is -2.47. The highest BCUT2D eigenvalue weighted by atomic mass is 28.3. The Hall–Kier alpha value is -9.93. The Balaban J connectivity index is 0.000000222. The normalized spacial score (nSPS) is 14.9. The predicted molar refractivity (Wildman–Crippen MR) is 402 cm³/mol. The number of rotatable bonds is 23. The fourth-order valence-electron chi connectivity index (χ4n) is 11.5. The van der Waals surface area contributed by atoms with E-state index in [0.717, 1.165) is 108 Å². The molecule has 1 aromatic heterocycles. The molecule has 9 aromatic rings. The van der Waals surface area contributed by atoms with Crippen molar-refractivity contribution in [3.63, 3.8) is 0 Å². The number of carbonyl (C=O) groups excluding carboxylic acids is 1. The second kappa shape index (κ2) is 36.3. The number of aldehydes is 1. The first-order valence-corrected chi connectivity index (χ1v) is 37.5. The van der Waals surface area contributed by atoms with Gasteiger partial charge >= 0.3 is 14.2 Å². The fraction of sp³-hybridized carbons (Fsp3) is 0.338. The van der Waals surface area contributed by atoms with Crippen molar-refractivity contribution in [3.05, 3.63) is 311 Å². The molecule has 0 aliphatic carbocycles. The molecule has 2 aliphatic rings. The van der Waals surface area contributed by atoms with Crippen molar-refractivity contribution in [2.45, 2.75) is 166 Å². The van der Waals surface area contributed by atoms with Crippen LogP contribution in [-0.2, 0) is 34.5 Å². The van der Waals surface area contributed by atoms with Crippen molar-refractivity contribution in [1.29, 1.82) is 0 Å². The van der Waals surface area contributed by atoms with Gasteiger partial charge in [-0.1, -0.05) is 221 Å². The number of tetrazole rings is 1. The number of nitrogens with two attached hydrogens (primary N) is 1. The molecule has 1 atom stereocenters. The van der Waals surface area contributed by atoms with E-state index in [1.165, 1.54) is 4.68 Å². The van der Waals surface area contributed by atoms with Gasteiger partial charge in [0.1, 0.15) is 31.8 Å². The summed E-state index contributed by atoms with van der Waals surface area (Å²) < 4.78 is 57.0. The van der Waals surface area contributed by atoms with Crippen LogP contribution in [-0.4, -0.2) is 81.2 Å². The Bertz CT molecular complexity index is 4060. The zero-order valence-corrected chi connectivity index (χ0v) is 61.2. The number of nitrogens with one attached hydrogen (secondary N) is 1. The monoisotopic (exact) mass is 1410 g/mol. The highest BCUT2D eigenvalue weighted by Gasteiger charge is 2.52. The lowest BCUT2D eigenvalue weighted by Gasteiger charge is -2.40. The van der Waals surface area contributed by atoms with Gasteiger partial charge in [-0.25, -0.2) is 13.6 Å². The SMILES string of the molecule is CC1(C)OB(CCCCC(NC(c2ccccc2)(c2ccccc2)c2ccccc2)c2nnnn2-c2cc([N+](=O)[O-])ccc2F)OC1(C)C.CC1(C)OB(CCCCC=O)OC1(C)C.C[Si](C)(C)N=[N+]=[N-].NC(c1ccccc1)(c1ccccc1)c1ccccc1.[C-]#[N+]c1cc([N+](=O)[O-])ccc1F. The Morgan fingerprint density at radius 1 is 0.602 bits per heavy atom. The van der Waals surface area contributed by atoms with E-state index in [0.29, 0.717) is 25.0 Å². The Morgan fingerprint density at radius 3 is 1.32 bits per heavy atom. The first-order chi connectivity index (χ1) is 48.9. The van der Waals surface area contributed by atoms with Gasteiger partial charge in [-0.05, 0) is 147 Å². The number of carbonyl (C=O) groups is 1. The van der Waals surface area contributed by atoms with Crippen LogP contribution >= 0.6 is 0 Å². The molecule has 8 aromatic carbocycles. The van der Waals surface area contributed by atoms with Crippen LogP contribution in [0.3, 0.4) is 0 Å². The van der Waals surface area contributed by atoms with Crippen LogP contribution < -0.4 is 11.1 Å². The maximum atomic E-state index is 15.4. The number of hydrogen-bond acceptors (Lipinski definition) is 15. The minimum absolute atomic E-state index is 0.108. The van der Waals surface area contributed by atoms with Crippen molar-refractivity contribution in [3.8, 4) is 5.69 Å². The Labute approximate surface area is 603 Å². The summed E-state index contributed by atoms with van der Waals surface area (Å²) in [7, 11) is -1.89. The smallest absolute Gasteiger partial charge is 0.403 e. The number of nitro benzene ring substituents is 2. The number of non-ortho nitro benzene ring substituents is 2. The van der Waals surface area contributed by atoms with Gasteiger partial charge in [0.05, 0.1) is 55.9 Å². The summed E-state index contributed by atoms with van der Waals surface area (Å²) >= 11 is 0. The number of aromatic nitrogens is 4. The molecular formula is C77H90B2F2N12O9Si. The molecule has 0 amide bonds. The molecule has 1 unspecified atom stereocenters. The molecular weight excluding hydrogens is 1320 g/mol. The minimum Gasteiger partial charge on any atom is -0.403 e. The molecule has 0 bridgehead atoms. The molecule has 11 rings (SSSR count). The van der Waals surface area contributed by atoms with Crippen molar-refractivity contribution >= 4 is 45.8 Å². The summed E-state index contributed by atoms with van der Waals surface area (Å²) in [5.41, 5.74) is 17.2. The lowest BCUT2D eigenvalue weighted by molar-refractivity contribution is -0.385. The Morgan fingerprint density at radius 2 is 0.971 bits per heavy atom. The van der Waals surface area contributed by atoms with Crippen LogP contribution in [0.15, 0.2) is 223 Å². The molecule has 103 heavy (non-hydrogen) atoms. The molecule has 3 N–H and O–H groups in total. The molecule has 0 spiro atoms. The topological polar surface area (TPSA) is 275 Å². The average molecular weight is 1420 g/mol. The fourth-order valence-corrected chi connectivity index (χ4v) is 11.8. The third kappa shape index (κ3) is 21.1. The molecule has 2 aliphatic heterocycles. The van der Waals surface area contributed by atoms with E-state index in [9.17, 15) is 29.4 Å². The summed E-state index contributed by atoms with van der Waals surface area (Å²) in [4.78, 5) is 36.2. The number of azide groups is 1.